The van der Waals surface area contributed by atoms with Crippen LogP contribution in [0.5, 0.6) is 0 Å². The molecule has 0 aliphatic heterocycles. The first kappa shape index (κ1) is 36.0. The number of halogens is 3. The highest BCUT2D eigenvalue weighted by Crippen LogP contribution is 2.46. The van der Waals surface area contributed by atoms with Crippen LogP contribution in [0.4, 0.5) is 13.2 Å². The molecule has 0 atom stereocenters. The SMILES string of the molecule is N#Cc1cccc(-c2cc(-n3c4ccccc4c4ccc(-c5ccccc5C#N)cc43)c(C(F)(F)F)cc2-n2c3ccccc3c3ccc(-c4ccccc4C#N)cc32)c1. The number of benzene rings is 8. The first-order chi connectivity index (χ1) is 29.3. The topological polar surface area (TPSA) is 81.2 Å². The number of fused-ring (bicyclic) bond motifs is 6. The summed E-state index contributed by atoms with van der Waals surface area (Å²) in [6, 6.07) is 57.3. The van der Waals surface area contributed by atoms with Crippen molar-refractivity contribution in [3.05, 3.63) is 192 Å². The molecule has 0 bridgehead atoms. The summed E-state index contributed by atoms with van der Waals surface area (Å²) in [5.74, 6) is 0. The third-order valence-corrected chi connectivity index (χ3v) is 11.3. The molecule has 10 rings (SSSR count). The fourth-order valence-corrected chi connectivity index (χ4v) is 8.62. The van der Waals surface area contributed by atoms with Crippen LogP contribution in [-0.2, 0) is 6.18 Å². The highest BCUT2D eigenvalue weighted by molar-refractivity contribution is 6.12. The monoisotopic (exact) mass is 779 g/mol. The van der Waals surface area contributed by atoms with E-state index in [0.29, 0.717) is 66.6 Å². The number of hydrogen-bond donors (Lipinski definition) is 0. The van der Waals surface area contributed by atoms with Gasteiger partial charge in [0.2, 0.25) is 0 Å². The van der Waals surface area contributed by atoms with Gasteiger partial charge >= 0.3 is 6.18 Å². The fraction of sp³-hybridized carbons (Fsp3) is 0.0192. The number of hydrogen-bond acceptors (Lipinski definition) is 3. The van der Waals surface area contributed by atoms with E-state index in [-0.39, 0.29) is 11.4 Å². The van der Waals surface area contributed by atoms with Gasteiger partial charge in [-0.1, -0.05) is 109 Å². The first-order valence-corrected chi connectivity index (χ1v) is 19.1. The van der Waals surface area contributed by atoms with Crippen molar-refractivity contribution in [2.45, 2.75) is 6.18 Å². The van der Waals surface area contributed by atoms with Crippen molar-refractivity contribution in [3.63, 3.8) is 0 Å². The predicted octanol–water partition coefficient (Wildman–Crippen LogP) is 13.5. The van der Waals surface area contributed by atoms with Crippen molar-refractivity contribution in [2.24, 2.45) is 0 Å². The van der Waals surface area contributed by atoms with E-state index in [0.717, 1.165) is 27.1 Å². The Hall–Kier alpha value is -8.38. The normalized spacial score (nSPS) is 11.5. The minimum atomic E-state index is -4.82. The maximum absolute atomic E-state index is 16.0. The lowest BCUT2D eigenvalue weighted by Crippen LogP contribution is -2.13. The van der Waals surface area contributed by atoms with Crippen LogP contribution in [0.3, 0.4) is 0 Å². The number of alkyl halides is 3. The molecule has 282 valence electrons. The second-order valence-corrected chi connectivity index (χ2v) is 14.6. The second-order valence-electron chi connectivity index (χ2n) is 14.6. The molecule has 0 radical (unpaired) electrons. The van der Waals surface area contributed by atoms with Gasteiger partial charge in [-0.25, -0.2) is 0 Å². The van der Waals surface area contributed by atoms with Crippen LogP contribution in [0.25, 0.3) is 88.4 Å². The Labute approximate surface area is 341 Å². The van der Waals surface area contributed by atoms with Crippen molar-refractivity contribution in [1.82, 2.24) is 9.13 Å². The lowest BCUT2D eigenvalue weighted by atomic mass is 9.96. The van der Waals surface area contributed by atoms with Crippen LogP contribution >= 0.6 is 0 Å². The summed E-state index contributed by atoms with van der Waals surface area (Å²) in [6.45, 7) is 0. The summed E-state index contributed by atoms with van der Waals surface area (Å²) in [5.41, 5.74) is 6.87. The molecule has 10 aromatic rings. The van der Waals surface area contributed by atoms with E-state index < -0.39 is 11.7 Å². The Morgan fingerprint density at radius 3 is 1.40 bits per heavy atom. The largest absolute Gasteiger partial charge is 0.418 e. The molecule has 0 N–H and O–H groups in total. The van der Waals surface area contributed by atoms with Crippen molar-refractivity contribution in [3.8, 4) is 63.0 Å². The summed E-state index contributed by atoms with van der Waals surface area (Å²) in [7, 11) is 0. The van der Waals surface area contributed by atoms with Gasteiger partial charge in [-0.15, -0.1) is 0 Å². The summed E-state index contributed by atoms with van der Waals surface area (Å²) in [5, 5.41) is 33.2. The molecule has 0 spiro atoms. The lowest BCUT2D eigenvalue weighted by molar-refractivity contribution is -0.137. The van der Waals surface area contributed by atoms with Crippen LogP contribution in [0, 0.1) is 34.0 Å². The van der Waals surface area contributed by atoms with Crippen molar-refractivity contribution in [1.29, 1.82) is 15.8 Å². The van der Waals surface area contributed by atoms with E-state index >= 15 is 13.2 Å². The van der Waals surface area contributed by atoms with Gasteiger partial charge in [0.05, 0.1) is 73.9 Å². The number of nitrogens with zero attached hydrogens (tertiary/aromatic N) is 5. The maximum atomic E-state index is 16.0. The van der Waals surface area contributed by atoms with E-state index in [1.807, 2.05) is 120 Å². The van der Waals surface area contributed by atoms with Gasteiger partial charge in [-0.3, -0.25) is 0 Å². The van der Waals surface area contributed by atoms with Gasteiger partial charge in [0.1, 0.15) is 0 Å². The van der Waals surface area contributed by atoms with E-state index in [1.54, 1.807) is 53.1 Å². The van der Waals surface area contributed by atoms with Crippen LogP contribution < -0.4 is 0 Å². The summed E-state index contributed by atoms with van der Waals surface area (Å²) < 4.78 is 51.6. The third-order valence-electron chi connectivity index (χ3n) is 11.3. The molecule has 60 heavy (non-hydrogen) atoms. The molecule has 2 heterocycles. The van der Waals surface area contributed by atoms with Gasteiger partial charge in [0.15, 0.2) is 0 Å². The Balaban J connectivity index is 1.35. The molecule has 8 heteroatoms. The number of aromatic nitrogens is 2. The summed E-state index contributed by atoms with van der Waals surface area (Å²) in [6.07, 6.45) is -4.82. The van der Waals surface area contributed by atoms with Gasteiger partial charge < -0.3 is 9.13 Å². The fourth-order valence-electron chi connectivity index (χ4n) is 8.62. The summed E-state index contributed by atoms with van der Waals surface area (Å²) >= 11 is 0. The van der Waals surface area contributed by atoms with Crippen molar-refractivity contribution < 1.29 is 13.2 Å². The Bertz CT molecular complexity index is 3530. The molecule has 8 aromatic carbocycles. The zero-order chi connectivity index (χ0) is 41.1. The maximum Gasteiger partial charge on any atom is 0.418 e. The van der Waals surface area contributed by atoms with Gasteiger partial charge in [-0.05, 0) is 88.5 Å². The standard InChI is InChI=1S/C52H28F3N5/c53-52(54,55)45-28-50(59-46-18-7-5-16-40(46)42-22-20-34(25-48(42)59)38-14-3-1-11-36(38)30-57)44(33-13-9-10-32(24-33)29-56)27-51(45)60-47-19-8-6-17-41(47)43-23-21-35(26-49(43)60)39-15-4-2-12-37(39)31-58/h1-28H. The average Bonchev–Trinajstić information content (AvgIpc) is 3.80. The van der Waals surface area contributed by atoms with Crippen molar-refractivity contribution in [2.75, 3.05) is 0 Å². The van der Waals surface area contributed by atoms with Crippen LogP contribution in [-0.4, -0.2) is 9.13 Å². The molecule has 0 amide bonds. The molecule has 0 saturated heterocycles. The quantitative estimate of drug-likeness (QED) is 0.174. The molecular formula is C52H28F3N5. The van der Waals surface area contributed by atoms with E-state index in [2.05, 4.69) is 18.2 Å². The zero-order valence-corrected chi connectivity index (χ0v) is 31.5. The average molecular weight is 780 g/mol. The minimum Gasteiger partial charge on any atom is -0.309 e. The van der Waals surface area contributed by atoms with Crippen LogP contribution in [0.2, 0.25) is 0 Å². The van der Waals surface area contributed by atoms with E-state index in [9.17, 15) is 15.8 Å². The number of para-hydroxylation sites is 2. The molecule has 0 saturated carbocycles. The lowest BCUT2D eigenvalue weighted by Gasteiger charge is -2.22. The molecular weight excluding hydrogens is 752 g/mol. The van der Waals surface area contributed by atoms with Gasteiger partial charge in [-0.2, -0.15) is 29.0 Å². The molecule has 0 unspecified atom stereocenters. The van der Waals surface area contributed by atoms with E-state index in [1.165, 1.54) is 6.07 Å². The van der Waals surface area contributed by atoms with Crippen molar-refractivity contribution >= 4 is 43.6 Å². The van der Waals surface area contributed by atoms with Gasteiger partial charge in [0.25, 0.3) is 0 Å². The smallest absolute Gasteiger partial charge is 0.309 e. The molecule has 0 aliphatic rings. The second kappa shape index (κ2) is 13.9. The third kappa shape index (κ3) is 5.69. The van der Waals surface area contributed by atoms with E-state index in [4.69, 9.17) is 0 Å². The Morgan fingerprint density at radius 2 is 0.867 bits per heavy atom. The Morgan fingerprint density at radius 1 is 0.383 bits per heavy atom. The highest BCUT2D eigenvalue weighted by Gasteiger charge is 2.37. The minimum absolute atomic E-state index is 0.0927. The number of rotatable bonds is 5. The molecule has 5 nitrogen and oxygen atoms in total. The highest BCUT2D eigenvalue weighted by atomic mass is 19.4. The first-order valence-electron chi connectivity index (χ1n) is 19.1. The zero-order valence-electron chi connectivity index (χ0n) is 31.5. The summed E-state index contributed by atoms with van der Waals surface area (Å²) in [4.78, 5) is 0. The molecule has 2 aromatic heterocycles. The van der Waals surface area contributed by atoms with Gasteiger partial charge in [0, 0.05) is 27.1 Å². The van der Waals surface area contributed by atoms with Crippen LogP contribution in [0.15, 0.2) is 170 Å². The Kier molecular flexibility index (Phi) is 8.35. The number of nitriles is 3. The van der Waals surface area contributed by atoms with Crippen LogP contribution in [0.1, 0.15) is 22.3 Å². The molecule has 0 aliphatic carbocycles. The predicted molar refractivity (Wildman–Crippen MR) is 231 cm³/mol. The molecule has 0 fully saturated rings.